The molecule has 0 saturated heterocycles. The molecule has 0 radical (unpaired) electrons. The van der Waals surface area contributed by atoms with E-state index in [4.69, 9.17) is 0 Å². The van der Waals surface area contributed by atoms with Crippen molar-refractivity contribution >= 4 is 5.82 Å². The summed E-state index contributed by atoms with van der Waals surface area (Å²) in [5.41, 5.74) is 3.64. The third-order valence-electron chi connectivity index (χ3n) is 2.51. The SMILES string of the molecule is CCNc1ccc(-c2ccc(C)cc2)cn1. The van der Waals surface area contributed by atoms with Crippen LogP contribution < -0.4 is 5.32 Å². The first-order valence-electron chi connectivity index (χ1n) is 5.56. The predicted molar refractivity (Wildman–Crippen MR) is 68.6 cm³/mol. The van der Waals surface area contributed by atoms with E-state index >= 15 is 0 Å². The summed E-state index contributed by atoms with van der Waals surface area (Å²) in [6.45, 7) is 5.06. The van der Waals surface area contributed by atoms with Crippen LogP contribution in [-0.2, 0) is 0 Å². The van der Waals surface area contributed by atoms with Gasteiger partial charge in [0.2, 0.25) is 0 Å². The van der Waals surface area contributed by atoms with Crippen LogP contribution in [0.2, 0.25) is 0 Å². The number of aryl methyl sites for hydroxylation is 1. The quantitative estimate of drug-likeness (QED) is 0.842. The van der Waals surface area contributed by atoms with E-state index in [9.17, 15) is 0 Å². The average molecular weight is 212 g/mol. The lowest BCUT2D eigenvalue weighted by Crippen LogP contribution is -1.98. The van der Waals surface area contributed by atoms with Crippen molar-refractivity contribution in [2.24, 2.45) is 0 Å². The zero-order valence-electron chi connectivity index (χ0n) is 9.70. The van der Waals surface area contributed by atoms with E-state index in [0.29, 0.717) is 0 Å². The first-order valence-corrected chi connectivity index (χ1v) is 5.56. The molecule has 2 nitrogen and oxygen atoms in total. The molecule has 1 heterocycles. The summed E-state index contributed by atoms with van der Waals surface area (Å²) in [6.07, 6.45) is 1.91. The molecule has 1 aromatic carbocycles. The van der Waals surface area contributed by atoms with Crippen molar-refractivity contribution in [2.45, 2.75) is 13.8 Å². The van der Waals surface area contributed by atoms with Gasteiger partial charge in [-0.05, 0) is 31.5 Å². The van der Waals surface area contributed by atoms with Gasteiger partial charge < -0.3 is 5.32 Å². The molecule has 0 atom stereocenters. The molecule has 0 aliphatic carbocycles. The second-order valence-electron chi connectivity index (χ2n) is 3.83. The Bertz CT molecular complexity index is 443. The van der Waals surface area contributed by atoms with Crippen molar-refractivity contribution in [3.05, 3.63) is 48.2 Å². The van der Waals surface area contributed by atoms with E-state index in [0.717, 1.165) is 17.9 Å². The molecule has 16 heavy (non-hydrogen) atoms. The van der Waals surface area contributed by atoms with Crippen molar-refractivity contribution in [1.82, 2.24) is 4.98 Å². The number of rotatable bonds is 3. The van der Waals surface area contributed by atoms with E-state index < -0.39 is 0 Å². The van der Waals surface area contributed by atoms with E-state index in [2.05, 4.69) is 54.5 Å². The van der Waals surface area contributed by atoms with Crippen molar-refractivity contribution in [3.63, 3.8) is 0 Å². The molecule has 82 valence electrons. The van der Waals surface area contributed by atoms with Crippen LogP contribution in [0.1, 0.15) is 12.5 Å². The van der Waals surface area contributed by atoms with Gasteiger partial charge in [0.25, 0.3) is 0 Å². The Morgan fingerprint density at radius 3 is 2.25 bits per heavy atom. The molecule has 1 aromatic heterocycles. The van der Waals surface area contributed by atoms with Gasteiger partial charge >= 0.3 is 0 Å². The van der Waals surface area contributed by atoms with Gasteiger partial charge in [0.15, 0.2) is 0 Å². The van der Waals surface area contributed by atoms with Crippen LogP contribution in [-0.4, -0.2) is 11.5 Å². The minimum absolute atomic E-state index is 0.900. The monoisotopic (exact) mass is 212 g/mol. The largest absolute Gasteiger partial charge is 0.370 e. The second-order valence-corrected chi connectivity index (χ2v) is 3.83. The van der Waals surface area contributed by atoms with Gasteiger partial charge in [-0.1, -0.05) is 29.8 Å². The normalized spacial score (nSPS) is 10.1. The van der Waals surface area contributed by atoms with Crippen LogP contribution in [0.3, 0.4) is 0 Å². The molecular weight excluding hydrogens is 196 g/mol. The third-order valence-corrected chi connectivity index (χ3v) is 2.51. The molecule has 0 fully saturated rings. The van der Waals surface area contributed by atoms with Gasteiger partial charge in [0, 0.05) is 18.3 Å². The Morgan fingerprint density at radius 1 is 1.00 bits per heavy atom. The van der Waals surface area contributed by atoms with Crippen LogP contribution >= 0.6 is 0 Å². The Labute approximate surface area is 96.4 Å². The standard InChI is InChI=1S/C14H16N2/c1-3-15-14-9-8-13(10-16-14)12-6-4-11(2)5-7-12/h4-10H,3H2,1-2H3,(H,15,16). The number of benzene rings is 1. The molecule has 0 unspecified atom stereocenters. The highest BCUT2D eigenvalue weighted by atomic mass is 15.0. The number of hydrogen-bond donors (Lipinski definition) is 1. The van der Waals surface area contributed by atoms with Gasteiger partial charge in [-0.3, -0.25) is 0 Å². The van der Waals surface area contributed by atoms with E-state index in [1.165, 1.54) is 11.1 Å². The van der Waals surface area contributed by atoms with Crippen LogP contribution in [0.4, 0.5) is 5.82 Å². The van der Waals surface area contributed by atoms with Crippen LogP contribution in [0.15, 0.2) is 42.6 Å². The Kier molecular flexibility index (Phi) is 3.20. The lowest BCUT2D eigenvalue weighted by Gasteiger charge is -2.04. The Hall–Kier alpha value is -1.83. The molecule has 0 aliphatic rings. The third kappa shape index (κ3) is 2.40. The molecule has 0 amide bonds. The van der Waals surface area contributed by atoms with Crippen molar-refractivity contribution in [1.29, 1.82) is 0 Å². The first kappa shape index (κ1) is 10.7. The molecule has 2 rings (SSSR count). The first-order chi connectivity index (χ1) is 7.79. The van der Waals surface area contributed by atoms with E-state index in [-0.39, 0.29) is 0 Å². The van der Waals surface area contributed by atoms with Crippen LogP contribution in [0, 0.1) is 6.92 Å². The van der Waals surface area contributed by atoms with Gasteiger partial charge in [-0.15, -0.1) is 0 Å². The molecule has 2 aromatic rings. The number of aromatic nitrogens is 1. The maximum absolute atomic E-state index is 4.36. The Balaban J connectivity index is 2.24. The lowest BCUT2D eigenvalue weighted by molar-refractivity contribution is 1.16. The predicted octanol–water partition coefficient (Wildman–Crippen LogP) is 3.49. The average Bonchev–Trinajstić information content (AvgIpc) is 2.32. The number of nitrogens with zero attached hydrogens (tertiary/aromatic N) is 1. The molecule has 0 spiro atoms. The van der Waals surface area contributed by atoms with Gasteiger partial charge in [0.05, 0.1) is 0 Å². The molecule has 0 aliphatic heterocycles. The maximum Gasteiger partial charge on any atom is 0.125 e. The minimum Gasteiger partial charge on any atom is -0.370 e. The van der Waals surface area contributed by atoms with Crippen LogP contribution in [0.25, 0.3) is 11.1 Å². The summed E-state index contributed by atoms with van der Waals surface area (Å²) < 4.78 is 0. The second kappa shape index (κ2) is 4.79. The molecule has 1 N–H and O–H groups in total. The fourth-order valence-electron chi connectivity index (χ4n) is 1.60. The molecule has 0 saturated carbocycles. The number of nitrogens with one attached hydrogen (secondary N) is 1. The zero-order chi connectivity index (χ0) is 11.4. The van der Waals surface area contributed by atoms with Crippen molar-refractivity contribution < 1.29 is 0 Å². The highest BCUT2D eigenvalue weighted by molar-refractivity contribution is 5.63. The fraction of sp³-hybridized carbons (Fsp3) is 0.214. The fourth-order valence-corrected chi connectivity index (χ4v) is 1.60. The number of anilines is 1. The maximum atomic E-state index is 4.36. The molecule has 0 bridgehead atoms. The molecule has 2 heteroatoms. The van der Waals surface area contributed by atoms with Gasteiger partial charge in [-0.2, -0.15) is 0 Å². The van der Waals surface area contributed by atoms with Crippen LogP contribution in [0.5, 0.6) is 0 Å². The van der Waals surface area contributed by atoms with Gasteiger partial charge in [0.1, 0.15) is 5.82 Å². The van der Waals surface area contributed by atoms with Crippen molar-refractivity contribution in [3.8, 4) is 11.1 Å². The molecular formula is C14H16N2. The van der Waals surface area contributed by atoms with Crippen molar-refractivity contribution in [2.75, 3.05) is 11.9 Å². The summed E-state index contributed by atoms with van der Waals surface area (Å²) in [5, 5.41) is 3.18. The number of pyridine rings is 1. The topological polar surface area (TPSA) is 24.9 Å². The van der Waals surface area contributed by atoms with Gasteiger partial charge in [-0.25, -0.2) is 4.98 Å². The lowest BCUT2D eigenvalue weighted by atomic mass is 10.1. The van der Waals surface area contributed by atoms with E-state index in [1.54, 1.807) is 0 Å². The highest BCUT2D eigenvalue weighted by Gasteiger charge is 1.98. The van der Waals surface area contributed by atoms with E-state index in [1.807, 2.05) is 12.3 Å². The summed E-state index contributed by atoms with van der Waals surface area (Å²) in [7, 11) is 0. The zero-order valence-corrected chi connectivity index (χ0v) is 9.70. The minimum atomic E-state index is 0.900. The summed E-state index contributed by atoms with van der Waals surface area (Å²) in [6, 6.07) is 12.6. The highest BCUT2D eigenvalue weighted by Crippen LogP contribution is 2.19. The summed E-state index contributed by atoms with van der Waals surface area (Å²) in [5.74, 6) is 0.929. The summed E-state index contributed by atoms with van der Waals surface area (Å²) in [4.78, 5) is 4.36. The smallest absolute Gasteiger partial charge is 0.125 e. The summed E-state index contributed by atoms with van der Waals surface area (Å²) >= 11 is 0. The number of hydrogen-bond acceptors (Lipinski definition) is 2. The Morgan fingerprint density at radius 2 is 1.69 bits per heavy atom.